The highest BCUT2D eigenvalue weighted by Gasteiger charge is 2.12. The van der Waals surface area contributed by atoms with Gasteiger partial charge in [-0.25, -0.2) is 0 Å². The van der Waals surface area contributed by atoms with Crippen molar-refractivity contribution >= 4 is 5.91 Å². The molecule has 1 amide bonds. The van der Waals surface area contributed by atoms with Crippen molar-refractivity contribution in [3.63, 3.8) is 0 Å². The van der Waals surface area contributed by atoms with Gasteiger partial charge in [-0.2, -0.15) is 0 Å². The molecule has 2 atom stereocenters. The summed E-state index contributed by atoms with van der Waals surface area (Å²) >= 11 is 0. The maximum absolute atomic E-state index is 11.1. The lowest BCUT2D eigenvalue weighted by Gasteiger charge is -2.16. The molecule has 0 aliphatic rings. The Balaban J connectivity index is 3.47. The summed E-state index contributed by atoms with van der Waals surface area (Å²) < 4.78 is 0. The summed E-state index contributed by atoms with van der Waals surface area (Å²) in [6.07, 6.45) is 2.02. The molecule has 4 nitrogen and oxygen atoms in total. The molecule has 0 aromatic carbocycles. The predicted molar refractivity (Wildman–Crippen MR) is 63.9 cm³/mol. The van der Waals surface area contributed by atoms with Gasteiger partial charge in [-0.15, -0.1) is 0 Å². The monoisotopic (exact) mass is 229 g/mol. The number of nitrogens with one attached hydrogen (secondary N) is 1. The molecule has 0 rings (SSSR count). The minimum atomic E-state index is -0.634. The zero-order valence-electron chi connectivity index (χ0n) is 10.2. The Morgan fingerprint density at radius 3 is 2.56 bits per heavy atom. The molecular weight excluding hydrogens is 206 g/mol. The average Bonchev–Trinajstić information content (AvgIpc) is 2.26. The van der Waals surface area contributed by atoms with E-state index >= 15 is 0 Å². The highest BCUT2D eigenvalue weighted by atomic mass is 16.3. The Labute approximate surface area is 97.4 Å². The first-order chi connectivity index (χ1) is 7.49. The third-order valence-electron chi connectivity index (χ3n) is 2.60. The summed E-state index contributed by atoms with van der Waals surface area (Å²) in [6.45, 7) is 7.57. The Morgan fingerprint density at radius 1 is 1.44 bits per heavy atom. The molecule has 0 spiro atoms. The Morgan fingerprint density at radius 2 is 2.06 bits per heavy atom. The maximum atomic E-state index is 11.1. The predicted octanol–water partition coefficient (Wildman–Crippen LogP) is 0.838. The molecule has 94 valence electrons. The largest absolute Gasteiger partial charge is 0.394 e. The summed E-state index contributed by atoms with van der Waals surface area (Å²) in [6, 6.07) is 0. The van der Waals surface area contributed by atoms with Crippen molar-refractivity contribution < 1.29 is 15.0 Å². The van der Waals surface area contributed by atoms with E-state index < -0.39 is 6.10 Å². The van der Waals surface area contributed by atoms with Crippen molar-refractivity contribution in [1.29, 1.82) is 0 Å². The lowest BCUT2D eigenvalue weighted by Crippen LogP contribution is -2.25. The van der Waals surface area contributed by atoms with Crippen LogP contribution < -0.4 is 5.32 Å². The van der Waals surface area contributed by atoms with Gasteiger partial charge in [-0.3, -0.25) is 4.79 Å². The zero-order valence-corrected chi connectivity index (χ0v) is 10.2. The second-order valence-electron chi connectivity index (χ2n) is 4.26. The van der Waals surface area contributed by atoms with Crippen LogP contribution in [0.25, 0.3) is 0 Å². The van der Waals surface area contributed by atoms with Gasteiger partial charge in [0.1, 0.15) is 0 Å². The quantitative estimate of drug-likeness (QED) is 0.426. The van der Waals surface area contributed by atoms with E-state index in [0.29, 0.717) is 12.1 Å². The summed E-state index contributed by atoms with van der Waals surface area (Å²) in [4.78, 5) is 11.1. The van der Waals surface area contributed by atoms with E-state index in [0.717, 1.165) is 19.3 Å². The fraction of sp³-hybridized carbons (Fsp3) is 0.750. The first kappa shape index (κ1) is 15.1. The van der Waals surface area contributed by atoms with Crippen LogP contribution in [0, 0.1) is 5.92 Å². The first-order valence-electron chi connectivity index (χ1n) is 5.71. The molecule has 4 heteroatoms. The summed E-state index contributed by atoms with van der Waals surface area (Å²) in [5.41, 5.74) is 0.518. The number of hydrogen-bond acceptors (Lipinski definition) is 3. The van der Waals surface area contributed by atoms with Crippen LogP contribution in [0.3, 0.4) is 0 Å². The van der Waals surface area contributed by atoms with Crippen LogP contribution in [0.4, 0.5) is 0 Å². The minimum Gasteiger partial charge on any atom is -0.394 e. The van der Waals surface area contributed by atoms with Gasteiger partial charge in [-0.05, 0) is 25.7 Å². The zero-order chi connectivity index (χ0) is 12.6. The molecule has 0 saturated heterocycles. The van der Waals surface area contributed by atoms with Crippen molar-refractivity contribution in [2.45, 2.75) is 39.2 Å². The smallest absolute Gasteiger partial charge is 0.246 e. The van der Waals surface area contributed by atoms with Gasteiger partial charge in [0.05, 0.1) is 12.7 Å². The Hall–Kier alpha value is -0.870. The molecule has 0 radical (unpaired) electrons. The maximum Gasteiger partial charge on any atom is 0.246 e. The molecule has 0 aliphatic heterocycles. The molecule has 0 heterocycles. The van der Waals surface area contributed by atoms with Crippen molar-refractivity contribution in [2.24, 2.45) is 5.92 Å². The number of hydrogen-bond donors (Lipinski definition) is 3. The highest BCUT2D eigenvalue weighted by Crippen LogP contribution is 2.11. The Bertz CT molecular complexity index is 228. The molecule has 2 unspecified atom stereocenters. The summed E-state index contributed by atoms with van der Waals surface area (Å²) in [5.74, 6) is -0.00900. The molecular formula is C12H23NO3. The van der Waals surface area contributed by atoms with E-state index in [9.17, 15) is 9.90 Å². The fourth-order valence-electron chi connectivity index (χ4n) is 1.32. The third-order valence-corrected chi connectivity index (χ3v) is 2.60. The van der Waals surface area contributed by atoms with Crippen molar-refractivity contribution in [3.05, 3.63) is 12.2 Å². The van der Waals surface area contributed by atoms with Gasteiger partial charge in [0, 0.05) is 12.1 Å². The van der Waals surface area contributed by atoms with Crippen LogP contribution in [-0.4, -0.2) is 35.4 Å². The lowest BCUT2D eigenvalue weighted by atomic mass is 9.98. The summed E-state index contributed by atoms with van der Waals surface area (Å²) in [7, 11) is 0. The van der Waals surface area contributed by atoms with Crippen LogP contribution in [0.5, 0.6) is 0 Å². The normalized spacial score (nSPS) is 14.2. The number of aliphatic hydroxyl groups excluding tert-OH is 2. The average molecular weight is 229 g/mol. The van der Waals surface area contributed by atoms with E-state index in [-0.39, 0.29) is 18.4 Å². The van der Waals surface area contributed by atoms with Crippen molar-refractivity contribution in [3.8, 4) is 0 Å². The number of amides is 1. The second kappa shape index (κ2) is 8.30. The van der Waals surface area contributed by atoms with E-state index in [1.54, 1.807) is 6.92 Å². The standard InChI is InChI=1S/C12H23NO3/c1-9(2)12(16)13-7-5-4-6-10(3)11(15)8-14/h10-11,14-15H,1,4-8H2,2-3H3,(H,13,16). The molecule has 3 N–H and O–H groups in total. The van der Waals surface area contributed by atoms with E-state index in [1.165, 1.54) is 0 Å². The fourth-order valence-corrected chi connectivity index (χ4v) is 1.32. The van der Waals surface area contributed by atoms with Gasteiger partial charge < -0.3 is 15.5 Å². The van der Waals surface area contributed by atoms with E-state index in [4.69, 9.17) is 5.11 Å². The highest BCUT2D eigenvalue weighted by molar-refractivity contribution is 5.91. The molecule has 0 fully saturated rings. The second-order valence-corrected chi connectivity index (χ2v) is 4.26. The minimum absolute atomic E-state index is 0.0989. The van der Waals surface area contributed by atoms with Crippen molar-refractivity contribution in [1.82, 2.24) is 5.32 Å². The van der Waals surface area contributed by atoms with Gasteiger partial charge >= 0.3 is 0 Å². The first-order valence-corrected chi connectivity index (χ1v) is 5.71. The SMILES string of the molecule is C=C(C)C(=O)NCCCCC(C)C(O)CO. The number of aliphatic hydroxyl groups is 2. The van der Waals surface area contributed by atoms with Crippen molar-refractivity contribution in [2.75, 3.05) is 13.2 Å². The molecule has 0 aliphatic carbocycles. The van der Waals surface area contributed by atoms with E-state index in [2.05, 4.69) is 11.9 Å². The summed E-state index contributed by atoms with van der Waals surface area (Å²) in [5, 5.41) is 20.8. The molecule has 16 heavy (non-hydrogen) atoms. The number of carbonyl (C=O) groups excluding carboxylic acids is 1. The van der Waals surface area contributed by atoms with Crippen LogP contribution in [0.2, 0.25) is 0 Å². The van der Waals surface area contributed by atoms with Gasteiger partial charge in [0.2, 0.25) is 5.91 Å². The van der Waals surface area contributed by atoms with Gasteiger partial charge in [0.25, 0.3) is 0 Å². The number of carbonyl (C=O) groups is 1. The topological polar surface area (TPSA) is 69.6 Å². The third kappa shape index (κ3) is 6.58. The van der Waals surface area contributed by atoms with Gasteiger partial charge in [0.15, 0.2) is 0 Å². The van der Waals surface area contributed by atoms with Crippen LogP contribution in [0.1, 0.15) is 33.1 Å². The van der Waals surface area contributed by atoms with Crippen LogP contribution >= 0.6 is 0 Å². The van der Waals surface area contributed by atoms with Crippen LogP contribution in [0.15, 0.2) is 12.2 Å². The Kier molecular flexibility index (Phi) is 7.85. The number of rotatable bonds is 8. The lowest BCUT2D eigenvalue weighted by molar-refractivity contribution is -0.117. The van der Waals surface area contributed by atoms with Gasteiger partial charge in [-0.1, -0.05) is 19.9 Å². The molecule has 0 aromatic heterocycles. The molecule has 0 bridgehead atoms. The number of unbranched alkanes of at least 4 members (excludes halogenated alkanes) is 1. The van der Waals surface area contributed by atoms with E-state index in [1.807, 2.05) is 6.92 Å². The van der Waals surface area contributed by atoms with Crippen LogP contribution in [-0.2, 0) is 4.79 Å². The molecule has 0 aromatic rings. The molecule has 0 saturated carbocycles.